The quantitative estimate of drug-likeness (QED) is 0.614. The van der Waals surface area contributed by atoms with Crippen molar-refractivity contribution in [1.82, 2.24) is 10.2 Å². The Labute approximate surface area is 127 Å². The molecule has 0 aromatic carbocycles. The van der Waals surface area contributed by atoms with Gasteiger partial charge in [-0.2, -0.15) is 0 Å². The average molecular weight is 297 g/mol. The Balaban J connectivity index is 1.68. The molecule has 0 radical (unpaired) electrons. The van der Waals surface area contributed by atoms with Gasteiger partial charge in [0.05, 0.1) is 11.5 Å². The number of hydrogen-bond donors (Lipinski definition) is 2. The van der Waals surface area contributed by atoms with Gasteiger partial charge in [-0.25, -0.2) is 0 Å². The number of likely N-dealkylation sites (tertiary alicyclic amines) is 1. The molecule has 5 heteroatoms. The summed E-state index contributed by atoms with van der Waals surface area (Å²) < 4.78 is 0. The summed E-state index contributed by atoms with van der Waals surface area (Å²) in [6.45, 7) is 2.39. The highest BCUT2D eigenvalue weighted by Gasteiger charge is 2.23. The lowest BCUT2D eigenvalue weighted by atomic mass is 9.97. The lowest BCUT2D eigenvalue weighted by Gasteiger charge is -2.31. The first kappa shape index (κ1) is 15.7. The fourth-order valence-electron chi connectivity index (χ4n) is 3.28. The molecule has 1 aliphatic heterocycles. The fraction of sp³-hybridized carbons (Fsp3) is 0.867. The van der Waals surface area contributed by atoms with Crippen molar-refractivity contribution in [3.05, 3.63) is 0 Å². The lowest BCUT2D eigenvalue weighted by Crippen LogP contribution is -2.45. The van der Waals surface area contributed by atoms with Crippen LogP contribution >= 0.6 is 12.2 Å². The molecule has 1 aliphatic carbocycles. The van der Waals surface area contributed by atoms with E-state index in [0.29, 0.717) is 23.5 Å². The smallest absolute Gasteiger partial charge is 0.234 e. The Hall–Kier alpha value is -0.680. The molecule has 1 saturated heterocycles. The van der Waals surface area contributed by atoms with Gasteiger partial charge in [0, 0.05) is 12.0 Å². The van der Waals surface area contributed by atoms with Crippen LogP contribution in [0.2, 0.25) is 0 Å². The summed E-state index contributed by atoms with van der Waals surface area (Å²) in [5, 5.41) is 3.21. The minimum absolute atomic E-state index is 0.186. The molecular weight excluding hydrogens is 270 g/mol. The van der Waals surface area contributed by atoms with E-state index in [1.165, 1.54) is 25.7 Å². The Morgan fingerprint density at radius 1 is 1.10 bits per heavy atom. The van der Waals surface area contributed by atoms with Crippen LogP contribution in [-0.2, 0) is 4.79 Å². The Morgan fingerprint density at radius 3 is 2.25 bits per heavy atom. The van der Waals surface area contributed by atoms with Crippen molar-refractivity contribution in [2.24, 2.45) is 11.7 Å². The zero-order valence-corrected chi connectivity index (χ0v) is 13.1. The van der Waals surface area contributed by atoms with Crippen molar-refractivity contribution in [3.8, 4) is 0 Å². The molecule has 0 bridgehead atoms. The van der Waals surface area contributed by atoms with Gasteiger partial charge in [0.25, 0.3) is 0 Å². The molecule has 0 aromatic heterocycles. The summed E-state index contributed by atoms with van der Waals surface area (Å²) in [7, 11) is 0. The first-order chi connectivity index (χ1) is 9.65. The first-order valence-electron chi connectivity index (χ1n) is 7.96. The molecule has 0 aromatic rings. The van der Waals surface area contributed by atoms with Crippen molar-refractivity contribution in [3.63, 3.8) is 0 Å². The van der Waals surface area contributed by atoms with Crippen molar-refractivity contribution < 1.29 is 4.79 Å². The van der Waals surface area contributed by atoms with Gasteiger partial charge in [0.15, 0.2) is 0 Å². The van der Waals surface area contributed by atoms with Crippen LogP contribution in [-0.4, -0.2) is 41.5 Å². The number of nitrogens with two attached hydrogens (primary N) is 1. The van der Waals surface area contributed by atoms with Crippen LogP contribution in [0.3, 0.4) is 0 Å². The van der Waals surface area contributed by atoms with Gasteiger partial charge in [-0.05, 0) is 38.8 Å². The Kier molecular flexibility index (Phi) is 6.23. The molecular formula is C15H27N3OS. The molecule has 0 spiro atoms. The van der Waals surface area contributed by atoms with E-state index in [-0.39, 0.29) is 5.91 Å². The van der Waals surface area contributed by atoms with Crippen LogP contribution in [0.5, 0.6) is 0 Å². The number of nitrogens with zero attached hydrogens (tertiary/aromatic N) is 1. The number of carbonyl (C=O) groups excluding carboxylic acids is 1. The number of carbonyl (C=O) groups is 1. The third-order valence-electron chi connectivity index (χ3n) is 4.58. The SMILES string of the molecule is NC(=S)C1CCN(CC(=O)NC2CCCCCC2)CC1. The summed E-state index contributed by atoms with van der Waals surface area (Å²) in [4.78, 5) is 15.0. The van der Waals surface area contributed by atoms with E-state index < -0.39 is 0 Å². The number of nitrogens with one attached hydrogen (secondary N) is 1. The normalized spacial score (nSPS) is 23.2. The predicted molar refractivity (Wildman–Crippen MR) is 85.6 cm³/mol. The van der Waals surface area contributed by atoms with E-state index in [1.807, 2.05) is 0 Å². The zero-order chi connectivity index (χ0) is 14.4. The van der Waals surface area contributed by atoms with E-state index in [4.69, 9.17) is 18.0 Å². The Bertz CT molecular complexity index is 332. The highest BCUT2D eigenvalue weighted by atomic mass is 32.1. The second-order valence-corrected chi connectivity index (χ2v) is 6.68. The van der Waals surface area contributed by atoms with E-state index in [9.17, 15) is 4.79 Å². The topological polar surface area (TPSA) is 58.4 Å². The molecule has 114 valence electrons. The van der Waals surface area contributed by atoms with Crippen LogP contribution in [0.4, 0.5) is 0 Å². The third-order valence-corrected chi connectivity index (χ3v) is 4.91. The highest BCUT2D eigenvalue weighted by molar-refractivity contribution is 7.80. The molecule has 2 rings (SSSR count). The monoisotopic (exact) mass is 297 g/mol. The molecule has 1 heterocycles. The van der Waals surface area contributed by atoms with E-state index in [1.54, 1.807) is 0 Å². The fourth-order valence-corrected chi connectivity index (χ4v) is 3.51. The highest BCUT2D eigenvalue weighted by Crippen LogP contribution is 2.18. The second kappa shape index (κ2) is 7.93. The average Bonchev–Trinajstić information content (AvgIpc) is 2.68. The number of amides is 1. The number of hydrogen-bond acceptors (Lipinski definition) is 3. The first-order valence-corrected chi connectivity index (χ1v) is 8.37. The number of rotatable bonds is 4. The molecule has 2 fully saturated rings. The molecule has 20 heavy (non-hydrogen) atoms. The minimum atomic E-state index is 0.186. The standard InChI is InChI=1S/C15H27N3OS/c16-15(20)12-7-9-18(10-8-12)11-14(19)17-13-5-3-1-2-4-6-13/h12-13H,1-11H2,(H2,16,20)(H,17,19). The minimum Gasteiger partial charge on any atom is -0.393 e. The lowest BCUT2D eigenvalue weighted by molar-refractivity contribution is -0.123. The molecule has 2 aliphatic rings. The molecule has 0 atom stereocenters. The van der Waals surface area contributed by atoms with Crippen molar-refractivity contribution in [1.29, 1.82) is 0 Å². The van der Waals surface area contributed by atoms with Gasteiger partial charge in [0.2, 0.25) is 5.91 Å². The van der Waals surface area contributed by atoms with Crippen LogP contribution in [0.1, 0.15) is 51.4 Å². The molecule has 3 N–H and O–H groups in total. The largest absolute Gasteiger partial charge is 0.393 e. The predicted octanol–water partition coefficient (Wildman–Crippen LogP) is 1.82. The van der Waals surface area contributed by atoms with Crippen molar-refractivity contribution in [2.75, 3.05) is 19.6 Å². The summed E-state index contributed by atoms with van der Waals surface area (Å²) in [6, 6.07) is 0.402. The van der Waals surface area contributed by atoms with Crippen LogP contribution < -0.4 is 11.1 Å². The van der Waals surface area contributed by atoms with Gasteiger partial charge >= 0.3 is 0 Å². The van der Waals surface area contributed by atoms with Gasteiger partial charge < -0.3 is 11.1 Å². The second-order valence-electron chi connectivity index (χ2n) is 6.21. The summed E-state index contributed by atoms with van der Waals surface area (Å²) in [5.41, 5.74) is 5.69. The number of thiocarbonyl (C=S) groups is 1. The molecule has 0 unspecified atom stereocenters. The van der Waals surface area contributed by atoms with Crippen LogP contribution in [0.25, 0.3) is 0 Å². The van der Waals surface area contributed by atoms with E-state index >= 15 is 0 Å². The van der Waals surface area contributed by atoms with E-state index in [0.717, 1.165) is 38.8 Å². The van der Waals surface area contributed by atoms with Gasteiger partial charge in [-0.3, -0.25) is 9.69 Å². The van der Waals surface area contributed by atoms with E-state index in [2.05, 4.69) is 10.2 Å². The van der Waals surface area contributed by atoms with Crippen LogP contribution in [0.15, 0.2) is 0 Å². The number of piperidine rings is 1. The summed E-state index contributed by atoms with van der Waals surface area (Å²) >= 11 is 5.04. The Morgan fingerprint density at radius 2 is 1.70 bits per heavy atom. The third kappa shape index (κ3) is 5.02. The maximum Gasteiger partial charge on any atom is 0.234 e. The zero-order valence-electron chi connectivity index (χ0n) is 12.3. The van der Waals surface area contributed by atoms with Crippen LogP contribution in [0, 0.1) is 5.92 Å². The van der Waals surface area contributed by atoms with Crippen molar-refractivity contribution in [2.45, 2.75) is 57.4 Å². The molecule has 1 amide bonds. The molecule has 4 nitrogen and oxygen atoms in total. The maximum atomic E-state index is 12.1. The summed E-state index contributed by atoms with van der Waals surface area (Å²) in [6.07, 6.45) is 9.43. The van der Waals surface area contributed by atoms with Gasteiger partial charge in [-0.15, -0.1) is 0 Å². The maximum absolute atomic E-state index is 12.1. The molecule has 1 saturated carbocycles. The van der Waals surface area contributed by atoms with Gasteiger partial charge in [0.1, 0.15) is 0 Å². The van der Waals surface area contributed by atoms with Gasteiger partial charge in [-0.1, -0.05) is 37.9 Å². The van der Waals surface area contributed by atoms with Crippen molar-refractivity contribution >= 4 is 23.1 Å². The summed E-state index contributed by atoms with van der Waals surface area (Å²) in [5.74, 6) is 0.553.